The van der Waals surface area contributed by atoms with E-state index in [9.17, 15) is 0 Å². The molecule has 0 spiro atoms. The lowest BCUT2D eigenvalue weighted by Crippen LogP contribution is -2.33. The first kappa shape index (κ1) is 11.9. The molecule has 3 rings (SSSR count). The van der Waals surface area contributed by atoms with Gasteiger partial charge in [-0.3, -0.25) is 0 Å². The molecular weight excluding hydrogens is 290 g/mol. The van der Waals surface area contributed by atoms with Crippen molar-refractivity contribution < 1.29 is 0 Å². The average molecular weight is 306 g/mol. The van der Waals surface area contributed by atoms with E-state index in [1.807, 2.05) is 12.1 Å². The van der Waals surface area contributed by atoms with E-state index in [0.717, 1.165) is 40.2 Å². The summed E-state index contributed by atoms with van der Waals surface area (Å²) in [5.74, 6) is 1.91. The summed E-state index contributed by atoms with van der Waals surface area (Å²) in [6, 6.07) is 6.18. The van der Waals surface area contributed by atoms with E-state index in [2.05, 4.69) is 43.8 Å². The van der Waals surface area contributed by atoms with Gasteiger partial charge in [0, 0.05) is 22.9 Å². The molecule has 1 aromatic carbocycles. The van der Waals surface area contributed by atoms with Crippen LogP contribution in [0.15, 0.2) is 29.0 Å². The molecule has 1 fully saturated rings. The molecular formula is C14H16BrN3. The molecule has 1 aliphatic heterocycles. The van der Waals surface area contributed by atoms with Gasteiger partial charge in [-0.1, -0.05) is 22.9 Å². The van der Waals surface area contributed by atoms with Crippen molar-refractivity contribution in [2.24, 2.45) is 5.92 Å². The Balaban J connectivity index is 2.03. The van der Waals surface area contributed by atoms with Crippen LogP contribution in [-0.2, 0) is 0 Å². The maximum absolute atomic E-state index is 4.49. The average Bonchev–Trinajstić information content (AvgIpc) is 2.39. The van der Waals surface area contributed by atoms with Crippen LogP contribution < -0.4 is 4.90 Å². The zero-order chi connectivity index (χ0) is 12.5. The van der Waals surface area contributed by atoms with Gasteiger partial charge in [-0.2, -0.15) is 0 Å². The number of fused-ring (bicyclic) bond motifs is 1. The number of rotatable bonds is 1. The fourth-order valence-electron chi connectivity index (χ4n) is 2.49. The van der Waals surface area contributed by atoms with Crippen LogP contribution in [-0.4, -0.2) is 23.1 Å². The number of anilines is 1. The van der Waals surface area contributed by atoms with Gasteiger partial charge < -0.3 is 4.90 Å². The van der Waals surface area contributed by atoms with Crippen LogP contribution >= 0.6 is 15.9 Å². The van der Waals surface area contributed by atoms with Gasteiger partial charge in [0.1, 0.15) is 12.1 Å². The Hall–Kier alpha value is -1.16. The lowest BCUT2D eigenvalue weighted by Gasteiger charge is -2.31. The van der Waals surface area contributed by atoms with E-state index < -0.39 is 0 Å². The highest BCUT2D eigenvalue weighted by molar-refractivity contribution is 9.10. The first-order chi connectivity index (χ1) is 8.74. The molecule has 18 heavy (non-hydrogen) atoms. The summed E-state index contributed by atoms with van der Waals surface area (Å²) in [5, 5.41) is 1.14. The van der Waals surface area contributed by atoms with Crippen molar-refractivity contribution in [3.63, 3.8) is 0 Å². The highest BCUT2D eigenvalue weighted by Gasteiger charge is 2.18. The number of hydrogen-bond acceptors (Lipinski definition) is 3. The van der Waals surface area contributed by atoms with Gasteiger partial charge in [0.2, 0.25) is 0 Å². The summed E-state index contributed by atoms with van der Waals surface area (Å²) in [6.07, 6.45) is 4.17. The van der Waals surface area contributed by atoms with E-state index in [1.54, 1.807) is 6.33 Å². The maximum atomic E-state index is 4.49. The molecule has 94 valence electrons. The third-order valence-corrected chi connectivity index (χ3v) is 4.15. The Kier molecular flexibility index (Phi) is 3.20. The standard InChI is InChI=1S/C14H16BrN3/c1-10-4-6-18(7-5-10)14-12-8-11(15)2-3-13(12)16-9-17-14/h2-3,8-10H,4-7H2,1H3. The van der Waals surface area contributed by atoms with Crippen molar-refractivity contribution in [2.75, 3.05) is 18.0 Å². The van der Waals surface area contributed by atoms with Crippen molar-refractivity contribution in [2.45, 2.75) is 19.8 Å². The van der Waals surface area contributed by atoms with E-state index in [0.29, 0.717) is 0 Å². The lowest BCUT2D eigenvalue weighted by atomic mass is 9.99. The van der Waals surface area contributed by atoms with Crippen LogP contribution in [0.4, 0.5) is 5.82 Å². The molecule has 3 nitrogen and oxygen atoms in total. The minimum absolute atomic E-state index is 0.834. The number of aromatic nitrogens is 2. The van der Waals surface area contributed by atoms with Gasteiger partial charge in [-0.15, -0.1) is 0 Å². The Morgan fingerprint density at radius 2 is 2.00 bits per heavy atom. The zero-order valence-corrected chi connectivity index (χ0v) is 12.0. The number of nitrogens with zero attached hydrogens (tertiary/aromatic N) is 3. The first-order valence-electron chi connectivity index (χ1n) is 6.39. The minimum atomic E-state index is 0.834. The third kappa shape index (κ3) is 2.21. The number of halogens is 1. The van der Waals surface area contributed by atoms with Crippen LogP contribution in [0, 0.1) is 5.92 Å². The van der Waals surface area contributed by atoms with E-state index >= 15 is 0 Å². The van der Waals surface area contributed by atoms with Gasteiger partial charge in [0.05, 0.1) is 5.52 Å². The molecule has 0 aliphatic carbocycles. The summed E-state index contributed by atoms with van der Waals surface area (Å²) >= 11 is 3.53. The summed E-state index contributed by atoms with van der Waals surface area (Å²) in [4.78, 5) is 11.2. The van der Waals surface area contributed by atoms with Gasteiger partial charge in [-0.05, 0) is 37.0 Å². The number of hydrogen-bond donors (Lipinski definition) is 0. The van der Waals surface area contributed by atoms with Crippen LogP contribution in [0.1, 0.15) is 19.8 Å². The number of piperidine rings is 1. The summed E-state index contributed by atoms with van der Waals surface area (Å²) in [6.45, 7) is 4.52. The molecule has 2 aromatic rings. The number of benzene rings is 1. The third-order valence-electron chi connectivity index (χ3n) is 3.66. The summed E-state index contributed by atoms with van der Waals surface area (Å²) in [5.41, 5.74) is 1.02. The molecule has 1 aromatic heterocycles. The molecule has 1 saturated heterocycles. The Labute approximate surface area is 115 Å². The molecule has 0 saturated carbocycles. The summed E-state index contributed by atoms with van der Waals surface area (Å²) in [7, 11) is 0. The largest absolute Gasteiger partial charge is 0.356 e. The topological polar surface area (TPSA) is 29.0 Å². The van der Waals surface area contributed by atoms with Gasteiger partial charge in [-0.25, -0.2) is 9.97 Å². The quantitative estimate of drug-likeness (QED) is 0.805. The van der Waals surface area contributed by atoms with Crippen molar-refractivity contribution in [1.29, 1.82) is 0 Å². The maximum Gasteiger partial charge on any atom is 0.139 e. The van der Waals surface area contributed by atoms with Crippen LogP contribution in [0.5, 0.6) is 0 Å². The minimum Gasteiger partial charge on any atom is -0.356 e. The van der Waals surface area contributed by atoms with Crippen molar-refractivity contribution in [3.05, 3.63) is 29.0 Å². The van der Waals surface area contributed by atoms with Crippen molar-refractivity contribution in [1.82, 2.24) is 9.97 Å². The normalized spacial score (nSPS) is 17.3. The SMILES string of the molecule is CC1CCN(c2ncnc3ccc(Br)cc23)CC1. The summed E-state index contributed by atoms with van der Waals surface area (Å²) < 4.78 is 1.08. The molecule has 2 heterocycles. The smallest absolute Gasteiger partial charge is 0.139 e. The van der Waals surface area contributed by atoms with Crippen molar-refractivity contribution >= 4 is 32.7 Å². The second-order valence-electron chi connectivity index (χ2n) is 5.03. The molecule has 0 unspecified atom stereocenters. The molecule has 0 bridgehead atoms. The predicted octanol–water partition coefficient (Wildman–Crippen LogP) is 3.63. The van der Waals surface area contributed by atoms with Crippen molar-refractivity contribution in [3.8, 4) is 0 Å². The lowest BCUT2D eigenvalue weighted by molar-refractivity contribution is 0.437. The zero-order valence-electron chi connectivity index (χ0n) is 10.4. The molecule has 1 aliphatic rings. The molecule has 0 atom stereocenters. The Morgan fingerprint density at radius 1 is 1.22 bits per heavy atom. The van der Waals surface area contributed by atoms with E-state index in [4.69, 9.17) is 0 Å². The van der Waals surface area contributed by atoms with Crippen LogP contribution in [0.2, 0.25) is 0 Å². The fourth-order valence-corrected chi connectivity index (χ4v) is 2.85. The van der Waals surface area contributed by atoms with E-state index in [1.165, 1.54) is 12.8 Å². The van der Waals surface area contributed by atoms with Gasteiger partial charge >= 0.3 is 0 Å². The predicted molar refractivity (Wildman–Crippen MR) is 77.8 cm³/mol. The first-order valence-corrected chi connectivity index (χ1v) is 7.18. The Morgan fingerprint density at radius 3 is 2.78 bits per heavy atom. The van der Waals surface area contributed by atoms with E-state index in [-0.39, 0.29) is 0 Å². The second kappa shape index (κ2) is 4.84. The highest BCUT2D eigenvalue weighted by Crippen LogP contribution is 2.28. The highest BCUT2D eigenvalue weighted by atomic mass is 79.9. The van der Waals surface area contributed by atoms with Crippen LogP contribution in [0.25, 0.3) is 10.9 Å². The van der Waals surface area contributed by atoms with Gasteiger partial charge in [0.25, 0.3) is 0 Å². The Bertz CT molecular complexity index is 562. The monoisotopic (exact) mass is 305 g/mol. The molecule has 4 heteroatoms. The fraction of sp³-hybridized carbons (Fsp3) is 0.429. The molecule has 0 radical (unpaired) electrons. The van der Waals surface area contributed by atoms with Gasteiger partial charge in [0.15, 0.2) is 0 Å². The molecule has 0 amide bonds. The molecule has 0 N–H and O–H groups in total. The van der Waals surface area contributed by atoms with Crippen LogP contribution in [0.3, 0.4) is 0 Å². The second-order valence-corrected chi connectivity index (χ2v) is 5.94.